The number of aryl methyl sites for hydroxylation is 2. The topological polar surface area (TPSA) is 74.0 Å². The summed E-state index contributed by atoms with van der Waals surface area (Å²) in [6.45, 7) is 4.73. The van der Waals surface area contributed by atoms with Gasteiger partial charge in [-0.1, -0.05) is 0 Å². The Morgan fingerprint density at radius 3 is 2.86 bits per heavy atom. The van der Waals surface area contributed by atoms with Crippen LogP contribution >= 0.6 is 0 Å². The maximum Gasteiger partial charge on any atom is 0.177 e. The molecule has 0 radical (unpaired) electrons. The molecule has 1 aliphatic heterocycles. The summed E-state index contributed by atoms with van der Waals surface area (Å²) in [7, 11) is 3.88. The first-order chi connectivity index (χ1) is 10.1. The monoisotopic (exact) mass is 288 g/mol. The molecule has 3 rings (SSSR count). The van der Waals surface area contributed by atoms with Crippen LogP contribution in [0.5, 0.6) is 0 Å². The smallest absolute Gasteiger partial charge is 0.177 e. The third-order valence-electron chi connectivity index (χ3n) is 3.64. The number of fused-ring (bicyclic) bond motifs is 1. The van der Waals surface area contributed by atoms with Crippen LogP contribution in [-0.2, 0) is 6.42 Å². The van der Waals surface area contributed by atoms with Gasteiger partial charge in [0.2, 0.25) is 0 Å². The van der Waals surface area contributed by atoms with E-state index >= 15 is 0 Å². The molecule has 0 aromatic carbocycles. The van der Waals surface area contributed by atoms with Crippen molar-refractivity contribution in [2.75, 3.05) is 20.6 Å². The molecule has 8 nitrogen and oxygen atoms in total. The van der Waals surface area contributed by atoms with E-state index in [2.05, 4.69) is 30.4 Å². The second-order valence-electron chi connectivity index (χ2n) is 5.16. The van der Waals surface area contributed by atoms with Crippen molar-refractivity contribution >= 4 is 12.0 Å². The quantitative estimate of drug-likeness (QED) is 0.852. The number of aliphatic imine (C=N–C) groups is 1. The van der Waals surface area contributed by atoms with Crippen molar-refractivity contribution in [3.8, 4) is 0 Å². The van der Waals surface area contributed by atoms with E-state index in [0.717, 1.165) is 35.8 Å². The molecule has 1 atom stereocenters. The van der Waals surface area contributed by atoms with Gasteiger partial charge in [0, 0.05) is 26.2 Å². The van der Waals surface area contributed by atoms with Crippen LogP contribution in [0.15, 0.2) is 11.2 Å². The molecular weight excluding hydrogens is 268 g/mol. The molecule has 0 spiro atoms. The first-order valence-electron chi connectivity index (χ1n) is 6.98. The van der Waals surface area contributed by atoms with Crippen LogP contribution < -0.4 is 5.32 Å². The molecular formula is C13H20N8. The average molecular weight is 288 g/mol. The highest BCUT2D eigenvalue weighted by molar-refractivity contribution is 5.55. The van der Waals surface area contributed by atoms with Crippen LogP contribution in [0.25, 0.3) is 5.65 Å². The lowest BCUT2D eigenvalue weighted by Crippen LogP contribution is -2.46. The van der Waals surface area contributed by atoms with E-state index in [9.17, 15) is 0 Å². The average Bonchev–Trinajstić information content (AvgIpc) is 3.05. The zero-order valence-electron chi connectivity index (χ0n) is 12.8. The van der Waals surface area contributed by atoms with Crippen LogP contribution in [0.1, 0.15) is 17.2 Å². The third kappa shape index (κ3) is 2.47. The molecule has 0 fully saturated rings. The molecule has 0 bridgehead atoms. The highest BCUT2D eigenvalue weighted by Crippen LogP contribution is 2.11. The number of hydrogen-bond donors (Lipinski definition) is 1. The number of nitrogens with one attached hydrogen (secondary N) is 1. The fourth-order valence-corrected chi connectivity index (χ4v) is 2.44. The first kappa shape index (κ1) is 13.9. The Morgan fingerprint density at radius 2 is 2.14 bits per heavy atom. The van der Waals surface area contributed by atoms with Crippen molar-refractivity contribution < 1.29 is 0 Å². The zero-order valence-corrected chi connectivity index (χ0v) is 12.8. The summed E-state index contributed by atoms with van der Waals surface area (Å²) < 4.78 is 1.86. The summed E-state index contributed by atoms with van der Waals surface area (Å²) in [6, 6.07) is 0. The molecule has 1 aliphatic rings. The highest BCUT2D eigenvalue weighted by atomic mass is 15.7. The van der Waals surface area contributed by atoms with Gasteiger partial charge in [-0.25, -0.2) is 14.5 Å². The standard InChI is InChI=1S/C13H20N8/c1-9-7-15-10(2)12-17-11(18-21(9)12)5-6-20-13(14-3)16-8-19(20)4/h7-8,13-14H,5-6H2,1-4H3. The van der Waals surface area contributed by atoms with Crippen LogP contribution in [0.2, 0.25) is 0 Å². The molecule has 0 saturated carbocycles. The van der Waals surface area contributed by atoms with Gasteiger partial charge in [-0.15, -0.1) is 0 Å². The first-order valence-corrected chi connectivity index (χ1v) is 6.98. The molecule has 2 aromatic heterocycles. The molecule has 0 aliphatic carbocycles. The Bertz CT molecular complexity index is 637. The Morgan fingerprint density at radius 1 is 1.33 bits per heavy atom. The second-order valence-corrected chi connectivity index (χ2v) is 5.16. The van der Waals surface area contributed by atoms with Gasteiger partial charge in [0.1, 0.15) is 6.34 Å². The van der Waals surface area contributed by atoms with Crippen molar-refractivity contribution in [3.05, 3.63) is 23.4 Å². The van der Waals surface area contributed by atoms with Crippen LogP contribution in [0.4, 0.5) is 0 Å². The van der Waals surface area contributed by atoms with Gasteiger partial charge in [-0.2, -0.15) is 10.1 Å². The van der Waals surface area contributed by atoms with Crippen molar-refractivity contribution in [3.63, 3.8) is 0 Å². The SMILES string of the molecule is CNC1N=CN(C)N1CCc1nc2c(C)ncc(C)n2n1. The summed E-state index contributed by atoms with van der Waals surface area (Å²) >= 11 is 0. The van der Waals surface area contributed by atoms with Crippen molar-refractivity contribution in [2.45, 2.75) is 26.6 Å². The summed E-state index contributed by atoms with van der Waals surface area (Å²) in [5.41, 5.74) is 2.72. The summed E-state index contributed by atoms with van der Waals surface area (Å²) in [5, 5.41) is 11.8. The fourth-order valence-electron chi connectivity index (χ4n) is 2.44. The van der Waals surface area contributed by atoms with Gasteiger partial charge in [0.25, 0.3) is 0 Å². The van der Waals surface area contributed by atoms with Crippen LogP contribution in [0, 0.1) is 13.8 Å². The van der Waals surface area contributed by atoms with E-state index in [1.807, 2.05) is 50.0 Å². The minimum atomic E-state index is -0.0165. The normalized spacial score (nSPS) is 19.0. The fraction of sp³-hybridized carbons (Fsp3) is 0.538. The number of rotatable bonds is 4. The van der Waals surface area contributed by atoms with Gasteiger partial charge >= 0.3 is 0 Å². The lowest BCUT2D eigenvalue weighted by Gasteiger charge is -2.28. The molecule has 1 unspecified atom stereocenters. The lowest BCUT2D eigenvalue weighted by molar-refractivity contribution is 0.0399. The summed E-state index contributed by atoms with van der Waals surface area (Å²) in [5.74, 6) is 0.823. The Kier molecular flexibility index (Phi) is 3.56. The van der Waals surface area contributed by atoms with Crippen LogP contribution in [-0.4, -0.2) is 62.9 Å². The highest BCUT2D eigenvalue weighted by Gasteiger charge is 2.24. The Labute approximate surface area is 123 Å². The molecule has 1 N–H and O–H groups in total. The van der Waals surface area contributed by atoms with E-state index in [1.165, 1.54) is 0 Å². The zero-order chi connectivity index (χ0) is 15.0. The third-order valence-corrected chi connectivity index (χ3v) is 3.64. The van der Waals surface area contributed by atoms with E-state index < -0.39 is 0 Å². The molecule has 0 saturated heterocycles. The molecule has 3 heterocycles. The maximum atomic E-state index is 4.59. The minimum Gasteiger partial charge on any atom is -0.296 e. The van der Waals surface area contributed by atoms with Gasteiger partial charge in [0.05, 0.1) is 11.4 Å². The largest absolute Gasteiger partial charge is 0.296 e. The molecule has 8 heteroatoms. The summed E-state index contributed by atoms with van der Waals surface area (Å²) in [4.78, 5) is 13.3. The molecule has 112 valence electrons. The van der Waals surface area contributed by atoms with Gasteiger partial charge in [-0.05, 0) is 20.9 Å². The van der Waals surface area contributed by atoms with Crippen LogP contribution in [0.3, 0.4) is 0 Å². The van der Waals surface area contributed by atoms with Crippen molar-refractivity contribution in [1.82, 2.24) is 34.9 Å². The Hall–Kier alpha value is -2.06. The molecule has 21 heavy (non-hydrogen) atoms. The maximum absolute atomic E-state index is 4.59. The number of aromatic nitrogens is 4. The van der Waals surface area contributed by atoms with Gasteiger partial charge in [0.15, 0.2) is 17.8 Å². The summed E-state index contributed by atoms with van der Waals surface area (Å²) in [6.07, 6.45) is 4.38. The predicted molar refractivity (Wildman–Crippen MR) is 79.8 cm³/mol. The lowest BCUT2D eigenvalue weighted by atomic mass is 10.4. The minimum absolute atomic E-state index is 0.0165. The number of nitrogens with zero attached hydrogens (tertiary/aromatic N) is 7. The van der Waals surface area contributed by atoms with E-state index in [4.69, 9.17) is 0 Å². The van der Waals surface area contributed by atoms with Gasteiger partial charge in [-0.3, -0.25) is 15.3 Å². The van der Waals surface area contributed by atoms with Crippen molar-refractivity contribution in [1.29, 1.82) is 0 Å². The number of hydrogen-bond acceptors (Lipinski definition) is 7. The molecule has 2 aromatic rings. The molecule has 0 amide bonds. The predicted octanol–water partition coefficient (Wildman–Crippen LogP) is -0.0227. The Balaban J connectivity index is 1.77. The van der Waals surface area contributed by atoms with E-state index in [-0.39, 0.29) is 6.29 Å². The van der Waals surface area contributed by atoms with Gasteiger partial charge < -0.3 is 0 Å². The van der Waals surface area contributed by atoms with Crippen molar-refractivity contribution in [2.24, 2.45) is 4.99 Å². The van der Waals surface area contributed by atoms with E-state index in [0.29, 0.717) is 0 Å². The number of hydrazine groups is 1. The second kappa shape index (κ2) is 5.38. The van der Waals surface area contributed by atoms with E-state index in [1.54, 1.807) is 0 Å².